The van der Waals surface area contributed by atoms with Crippen molar-refractivity contribution in [3.8, 4) is 0 Å². The van der Waals surface area contributed by atoms with Gasteiger partial charge in [0.1, 0.15) is 0 Å². The Balaban J connectivity index is 1.62. The lowest BCUT2D eigenvalue weighted by Crippen LogP contribution is -2.46. The molecular weight excluding hydrogens is 292 g/mol. The van der Waals surface area contributed by atoms with Crippen LogP contribution in [-0.4, -0.2) is 50.1 Å². The molecule has 2 aromatic heterocycles. The van der Waals surface area contributed by atoms with Crippen molar-refractivity contribution in [2.24, 2.45) is 0 Å². The van der Waals surface area contributed by atoms with Crippen molar-refractivity contribution in [1.82, 2.24) is 25.1 Å². The molecular formula is C16H22N6O. The predicted molar refractivity (Wildman–Crippen MR) is 87.0 cm³/mol. The zero-order valence-corrected chi connectivity index (χ0v) is 13.5. The largest absolute Gasteiger partial charge is 0.293 e. The van der Waals surface area contributed by atoms with E-state index >= 15 is 0 Å². The molecule has 0 aliphatic carbocycles. The SMILES string of the molecule is Cc1cc([C@@H]2CCCN([C@@H](C)C(=O)Nc3ncccn3)C2)n[nH]1. The fourth-order valence-electron chi connectivity index (χ4n) is 2.99. The number of carbonyl (C=O) groups excluding carboxylic acids is 1. The number of hydrogen-bond acceptors (Lipinski definition) is 5. The molecule has 0 saturated carbocycles. The summed E-state index contributed by atoms with van der Waals surface area (Å²) in [7, 11) is 0. The first kappa shape index (κ1) is 15.6. The molecule has 1 aliphatic rings. The maximum atomic E-state index is 12.4. The summed E-state index contributed by atoms with van der Waals surface area (Å²) in [5, 5.41) is 10.1. The first-order chi connectivity index (χ1) is 11.1. The smallest absolute Gasteiger partial charge is 0.243 e. The Morgan fingerprint density at radius 3 is 2.91 bits per heavy atom. The molecule has 0 spiro atoms. The van der Waals surface area contributed by atoms with Gasteiger partial charge in [-0.1, -0.05) is 0 Å². The number of aryl methyl sites for hydroxylation is 1. The summed E-state index contributed by atoms with van der Waals surface area (Å²) in [4.78, 5) is 22.7. The Morgan fingerprint density at radius 1 is 1.43 bits per heavy atom. The molecule has 0 aromatic carbocycles. The zero-order chi connectivity index (χ0) is 16.2. The molecule has 0 radical (unpaired) electrons. The number of aromatic amines is 1. The van der Waals surface area contributed by atoms with Crippen LogP contribution in [0.5, 0.6) is 0 Å². The predicted octanol–water partition coefficient (Wildman–Crippen LogP) is 1.71. The van der Waals surface area contributed by atoms with Crippen molar-refractivity contribution in [3.63, 3.8) is 0 Å². The number of nitrogens with zero attached hydrogens (tertiary/aromatic N) is 4. The van der Waals surface area contributed by atoms with Gasteiger partial charge in [0.25, 0.3) is 0 Å². The van der Waals surface area contributed by atoms with Gasteiger partial charge in [0.05, 0.1) is 11.7 Å². The molecule has 7 heteroatoms. The highest BCUT2D eigenvalue weighted by molar-refractivity contribution is 5.93. The summed E-state index contributed by atoms with van der Waals surface area (Å²) in [5.74, 6) is 0.646. The van der Waals surface area contributed by atoms with E-state index in [0.717, 1.165) is 37.3 Å². The maximum absolute atomic E-state index is 12.4. The van der Waals surface area contributed by atoms with Crippen LogP contribution in [0.3, 0.4) is 0 Å². The molecule has 3 rings (SSSR count). The highest BCUT2D eigenvalue weighted by Crippen LogP contribution is 2.27. The lowest BCUT2D eigenvalue weighted by Gasteiger charge is -2.35. The number of anilines is 1. The van der Waals surface area contributed by atoms with E-state index in [9.17, 15) is 4.79 Å². The molecule has 1 fully saturated rings. The number of hydrogen-bond donors (Lipinski definition) is 2. The third kappa shape index (κ3) is 3.73. The second kappa shape index (κ2) is 6.87. The van der Waals surface area contributed by atoms with Crippen LogP contribution in [0.15, 0.2) is 24.5 Å². The second-order valence-electron chi connectivity index (χ2n) is 6.05. The van der Waals surface area contributed by atoms with E-state index in [1.165, 1.54) is 0 Å². The van der Waals surface area contributed by atoms with E-state index in [1.54, 1.807) is 18.5 Å². The quantitative estimate of drug-likeness (QED) is 0.897. The molecule has 2 N–H and O–H groups in total. The van der Waals surface area contributed by atoms with Crippen molar-refractivity contribution in [2.45, 2.75) is 38.6 Å². The molecule has 7 nitrogen and oxygen atoms in total. The first-order valence-corrected chi connectivity index (χ1v) is 7.97. The highest BCUT2D eigenvalue weighted by atomic mass is 16.2. The Hall–Kier alpha value is -2.28. The van der Waals surface area contributed by atoms with Gasteiger partial charge in [0, 0.05) is 30.6 Å². The molecule has 3 heterocycles. The average molecular weight is 314 g/mol. The molecule has 0 bridgehead atoms. The highest BCUT2D eigenvalue weighted by Gasteiger charge is 2.29. The third-order valence-electron chi connectivity index (χ3n) is 4.32. The van der Waals surface area contributed by atoms with E-state index in [1.807, 2.05) is 13.8 Å². The Kier molecular flexibility index (Phi) is 4.66. The molecule has 1 aliphatic heterocycles. The topological polar surface area (TPSA) is 86.8 Å². The Morgan fingerprint density at radius 2 is 2.22 bits per heavy atom. The van der Waals surface area contributed by atoms with Crippen LogP contribution in [0.4, 0.5) is 5.95 Å². The van der Waals surface area contributed by atoms with E-state index in [4.69, 9.17) is 0 Å². The van der Waals surface area contributed by atoms with Crippen molar-refractivity contribution < 1.29 is 4.79 Å². The molecule has 2 aromatic rings. The van der Waals surface area contributed by atoms with E-state index in [-0.39, 0.29) is 11.9 Å². The van der Waals surface area contributed by atoms with Gasteiger partial charge in [0.15, 0.2) is 0 Å². The van der Waals surface area contributed by atoms with Crippen molar-refractivity contribution >= 4 is 11.9 Å². The standard InChI is InChI=1S/C16H22N6O/c1-11-9-14(21-20-11)13-5-3-8-22(10-13)12(2)15(23)19-16-17-6-4-7-18-16/h4,6-7,9,12-13H,3,5,8,10H2,1-2H3,(H,20,21)(H,17,18,19,23)/t12-,13+/m0/s1. The number of H-pyrrole nitrogens is 1. The molecule has 0 unspecified atom stereocenters. The zero-order valence-electron chi connectivity index (χ0n) is 13.5. The Bertz CT molecular complexity index is 656. The second-order valence-corrected chi connectivity index (χ2v) is 6.05. The summed E-state index contributed by atoms with van der Waals surface area (Å²) in [5.41, 5.74) is 2.16. The molecule has 2 atom stereocenters. The minimum absolute atomic E-state index is 0.0740. The van der Waals surface area contributed by atoms with Crippen molar-refractivity contribution in [2.75, 3.05) is 18.4 Å². The molecule has 23 heavy (non-hydrogen) atoms. The minimum atomic E-state index is -0.221. The number of likely N-dealkylation sites (tertiary alicyclic amines) is 1. The van der Waals surface area contributed by atoms with E-state index in [0.29, 0.717) is 11.9 Å². The summed E-state index contributed by atoms with van der Waals surface area (Å²) >= 11 is 0. The van der Waals surface area contributed by atoms with Gasteiger partial charge in [-0.25, -0.2) is 9.97 Å². The van der Waals surface area contributed by atoms with Gasteiger partial charge in [0.2, 0.25) is 11.9 Å². The van der Waals surface area contributed by atoms with Gasteiger partial charge in [-0.2, -0.15) is 5.10 Å². The van der Waals surface area contributed by atoms with Gasteiger partial charge in [-0.3, -0.25) is 20.1 Å². The van der Waals surface area contributed by atoms with Crippen LogP contribution in [-0.2, 0) is 4.79 Å². The van der Waals surface area contributed by atoms with Crippen LogP contribution in [0, 0.1) is 6.92 Å². The fourth-order valence-corrected chi connectivity index (χ4v) is 2.99. The number of amides is 1. The number of rotatable bonds is 4. The third-order valence-corrected chi connectivity index (χ3v) is 4.32. The fraction of sp³-hybridized carbons (Fsp3) is 0.500. The minimum Gasteiger partial charge on any atom is -0.293 e. The number of nitrogens with one attached hydrogen (secondary N) is 2. The van der Waals surface area contributed by atoms with Crippen LogP contribution < -0.4 is 5.32 Å². The van der Waals surface area contributed by atoms with Crippen LogP contribution in [0.2, 0.25) is 0 Å². The van der Waals surface area contributed by atoms with Crippen molar-refractivity contribution in [3.05, 3.63) is 35.9 Å². The van der Waals surface area contributed by atoms with E-state index < -0.39 is 0 Å². The van der Waals surface area contributed by atoms with Crippen molar-refractivity contribution in [1.29, 1.82) is 0 Å². The van der Waals surface area contributed by atoms with Gasteiger partial charge in [-0.05, 0) is 45.4 Å². The summed E-state index contributed by atoms with van der Waals surface area (Å²) < 4.78 is 0. The Labute approximate surface area is 135 Å². The lowest BCUT2D eigenvalue weighted by molar-refractivity contribution is -0.121. The average Bonchev–Trinajstić information content (AvgIpc) is 3.02. The normalized spacial score (nSPS) is 20.2. The van der Waals surface area contributed by atoms with Crippen LogP contribution in [0.1, 0.15) is 37.1 Å². The van der Waals surface area contributed by atoms with Gasteiger partial charge < -0.3 is 0 Å². The summed E-state index contributed by atoms with van der Waals surface area (Å²) in [6, 6.07) is 3.60. The monoisotopic (exact) mass is 314 g/mol. The van der Waals surface area contributed by atoms with Crippen LogP contribution in [0.25, 0.3) is 0 Å². The maximum Gasteiger partial charge on any atom is 0.243 e. The summed E-state index contributed by atoms with van der Waals surface area (Å²) in [6.07, 6.45) is 5.40. The van der Waals surface area contributed by atoms with E-state index in [2.05, 4.69) is 36.4 Å². The number of aromatic nitrogens is 4. The van der Waals surface area contributed by atoms with Crippen LogP contribution >= 0.6 is 0 Å². The molecule has 1 amide bonds. The molecule has 122 valence electrons. The van der Waals surface area contributed by atoms with Gasteiger partial charge in [-0.15, -0.1) is 0 Å². The first-order valence-electron chi connectivity index (χ1n) is 7.97. The lowest BCUT2D eigenvalue weighted by atomic mass is 9.93. The summed E-state index contributed by atoms with van der Waals surface area (Å²) in [6.45, 7) is 5.70. The van der Waals surface area contributed by atoms with Gasteiger partial charge >= 0.3 is 0 Å². The number of carbonyl (C=O) groups is 1. The number of piperidine rings is 1. The molecule has 1 saturated heterocycles.